The third-order valence-corrected chi connectivity index (χ3v) is 5.85. The fraction of sp³-hybridized carbons (Fsp3) is 0.650. The quantitative estimate of drug-likeness (QED) is 0.562. The van der Waals surface area contributed by atoms with Crippen LogP contribution in [0.2, 0.25) is 5.02 Å². The highest BCUT2D eigenvalue weighted by molar-refractivity contribution is 9.10. The Morgan fingerprint density at radius 3 is 2.69 bits per heavy atom. The molecule has 3 rings (SSSR count). The van der Waals surface area contributed by atoms with Gasteiger partial charge < -0.3 is 14.5 Å². The molecule has 4 nitrogen and oxygen atoms in total. The van der Waals surface area contributed by atoms with E-state index >= 15 is 0 Å². The summed E-state index contributed by atoms with van der Waals surface area (Å²) in [5, 5.41) is 0.787. The van der Waals surface area contributed by atoms with Crippen molar-refractivity contribution >= 4 is 39.3 Å². The predicted molar refractivity (Wildman–Crippen MR) is 110 cm³/mol. The van der Waals surface area contributed by atoms with Gasteiger partial charge in [0.15, 0.2) is 0 Å². The second-order valence-electron chi connectivity index (χ2n) is 8.24. The molecule has 1 atom stereocenters. The van der Waals surface area contributed by atoms with Gasteiger partial charge in [-0.2, -0.15) is 0 Å². The maximum atomic E-state index is 12.4. The lowest BCUT2D eigenvalue weighted by Gasteiger charge is -2.38. The Hall–Kier alpha value is -0.940. The normalized spacial score (nSPS) is 21.2. The van der Waals surface area contributed by atoms with Crippen LogP contribution in [0.25, 0.3) is 0 Å². The molecule has 0 saturated carbocycles. The van der Waals surface area contributed by atoms with Gasteiger partial charge in [0, 0.05) is 35.2 Å². The van der Waals surface area contributed by atoms with E-state index in [0.717, 1.165) is 61.2 Å². The van der Waals surface area contributed by atoms with Crippen LogP contribution in [0.4, 0.5) is 10.5 Å². The van der Waals surface area contributed by atoms with Crippen molar-refractivity contribution < 1.29 is 9.53 Å². The van der Waals surface area contributed by atoms with Crippen molar-refractivity contribution in [1.29, 1.82) is 0 Å². The van der Waals surface area contributed by atoms with E-state index in [0.29, 0.717) is 6.04 Å². The topological polar surface area (TPSA) is 32.8 Å². The largest absolute Gasteiger partial charge is 0.444 e. The van der Waals surface area contributed by atoms with Crippen LogP contribution in [0, 0.1) is 0 Å². The van der Waals surface area contributed by atoms with E-state index in [1.807, 2.05) is 31.7 Å². The third-order valence-electron chi connectivity index (χ3n) is 5.03. The molecule has 1 aromatic carbocycles. The molecule has 1 fully saturated rings. The molecule has 2 aliphatic rings. The molecule has 0 radical (unpaired) electrons. The fourth-order valence-electron chi connectivity index (χ4n) is 3.95. The molecular weight excluding hydrogens is 416 g/mol. The van der Waals surface area contributed by atoms with Crippen molar-refractivity contribution in [3.05, 3.63) is 27.2 Å². The van der Waals surface area contributed by atoms with Crippen LogP contribution >= 0.6 is 27.5 Å². The zero-order chi connectivity index (χ0) is 18.9. The van der Waals surface area contributed by atoms with Crippen molar-refractivity contribution in [1.82, 2.24) is 4.90 Å². The van der Waals surface area contributed by atoms with Gasteiger partial charge in [0.1, 0.15) is 5.60 Å². The summed E-state index contributed by atoms with van der Waals surface area (Å²) < 4.78 is 6.63. The van der Waals surface area contributed by atoms with Crippen LogP contribution in [0.5, 0.6) is 0 Å². The molecule has 1 aromatic rings. The molecule has 1 unspecified atom stereocenters. The number of carbonyl (C=O) groups is 1. The minimum absolute atomic E-state index is 0.190. The fourth-order valence-corrected chi connectivity index (χ4v) is 5.05. The number of amides is 1. The zero-order valence-corrected chi connectivity index (χ0v) is 18.2. The van der Waals surface area contributed by atoms with E-state index in [1.54, 1.807) is 0 Å². The molecule has 144 valence electrons. The number of fused-ring (bicyclic) bond motifs is 1. The van der Waals surface area contributed by atoms with E-state index in [-0.39, 0.29) is 6.09 Å². The maximum absolute atomic E-state index is 12.4. The van der Waals surface area contributed by atoms with Crippen molar-refractivity contribution in [2.24, 2.45) is 0 Å². The second kappa shape index (κ2) is 7.97. The minimum atomic E-state index is -0.446. The lowest BCUT2D eigenvalue weighted by molar-refractivity contribution is 0.0256. The third kappa shape index (κ3) is 4.66. The van der Waals surface area contributed by atoms with Gasteiger partial charge in [0.25, 0.3) is 0 Å². The molecule has 0 aromatic heterocycles. The highest BCUT2D eigenvalue weighted by atomic mass is 79.9. The molecule has 6 heteroatoms. The van der Waals surface area contributed by atoms with E-state index in [1.165, 1.54) is 11.3 Å². The van der Waals surface area contributed by atoms with Crippen LogP contribution < -0.4 is 4.90 Å². The number of carbonyl (C=O) groups excluding carboxylic acids is 1. The first-order valence-corrected chi connectivity index (χ1v) is 10.6. The van der Waals surface area contributed by atoms with Crippen LogP contribution in [0.1, 0.15) is 52.0 Å². The van der Waals surface area contributed by atoms with Crippen LogP contribution in [0.3, 0.4) is 0 Å². The Balaban J connectivity index is 1.72. The van der Waals surface area contributed by atoms with Gasteiger partial charge >= 0.3 is 6.09 Å². The monoisotopic (exact) mass is 442 g/mol. The second-order valence-corrected chi connectivity index (χ2v) is 9.54. The Bertz CT molecular complexity index is 675. The summed E-state index contributed by atoms with van der Waals surface area (Å²) in [7, 11) is 0. The summed E-state index contributed by atoms with van der Waals surface area (Å²) in [6, 6.07) is 4.53. The van der Waals surface area contributed by atoms with Gasteiger partial charge in [-0.3, -0.25) is 0 Å². The molecule has 0 N–H and O–H groups in total. The van der Waals surface area contributed by atoms with Crippen molar-refractivity contribution in [2.45, 2.75) is 64.5 Å². The first-order chi connectivity index (χ1) is 12.2. The SMILES string of the molecule is CC(C)(C)OC(=O)N1CCCC(N2CCCc3cc(Cl)cc(Br)c32)CC1. The number of ether oxygens (including phenoxy) is 1. The first-order valence-electron chi connectivity index (χ1n) is 9.47. The Morgan fingerprint density at radius 2 is 1.96 bits per heavy atom. The summed E-state index contributed by atoms with van der Waals surface area (Å²) in [6.45, 7) is 8.32. The molecule has 0 bridgehead atoms. The number of anilines is 1. The summed E-state index contributed by atoms with van der Waals surface area (Å²) in [5.74, 6) is 0. The molecule has 2 heterocycles. The Labute approximate surface area is 169 Å². The standard InChI is InChI=1S/C20H28BrClN2O2/c1-20(2,3)26-19(25)23-9-5-7-16(8-11-23)24-10-4-6-14-12-15(22)13-17(21)18(14)24/h12-13,16H,4-11H2,1-3H3. The van der Waals surface area contributed by atoms with Crippen molar-refractivity contribution in [2.75, 3.05) is 24.5 Å². The van der Waals surface area contributed by atoms with Gasteiger partial charge in [0.2, 0.25) is 0 Å². The molecule has 0 spiro atoms. The zero-order valence-electron chi connectivity index (χ0n) is 15.9. The number of rotatable bonds is 1. The molecule has 1 saturated heterocycles. The van der Waals surface area contributed by atoms with Crippen molar-refractivity contribution in [3.8, 4) is 0 Å². The number of nitrogens with zero attached hydrogens (tertiary/aromatic N) is 2. The highest BCUT2D eigenvalue weighted by Gasteiger charge is 2.30. The number of halogens is 2. The molecule has 1 amide bonds. The number of likely N-dealkylation sites (tertiary alicyclic amines) is 1. The lowest BCUT2D eigenvalue weighted by Crippen LogP contribution is -2.41. The highest BCUT2D eigenvalue weighted by Crippen LogP contribution is 2.39. The number of benzene rings is 1. The summed E-state index contributed by atoms with van der Waals surface area (Å²) in [6.07, 6.45) is 5.08. The average Bonchev–Trinajstić information content (AvgIpc) is 2.78. The van der Waals surface area contributed by atoms with E-state index in [9.17, 15) is 4.79 Å². The Morgan fingerprint density at radius 1 is 1.19 bits per heavy atom. The lowest BCUT2D eigenvalue weighted by atomic mass is 9.97. The molecule has 26 heavy (non-hydrogen) atoms. The summed E-state index contributed by atoms with van der Waals surface area (Å²) in [4.78, 5) is 16.8. The van der Waals surface area contributed by atoms with E-state index in [4.69, 9.17) is 16.3 Å². The van der Waals surface area contributed by atoms with Gasteiger partial charge in [-0.1, -0.05) is 11.6 Å². The van der Waals surface area contributed by atoms with Gasteiger partial charge in [-0.25, -0.2) is 4.79 Å². The molecule has 2 aliphatic heterocycles. The van der Waals surface area contributed by atoms with Crippen LogP contribution in [-0.4, -0.2) is 42.3 Å². The summed E-state index contributed by atoms with van der Waals surface area (Å²) >= 11 is 9.96. The van der Waals surface area contributed by atoms with E-state index < -0.39 is 5.60 Å². The number of aryl methyl sites for hydroxylation is 1. The van der Waals surface area contributed by atoms with Gasteiger partial charge in [-0.05, 0) is 86.5 Å². The van der Waals surface area contributed by atoms with E-state index in [2.05, 4.69) is 26.9 Å². The van der Waals surface area contributed by atoms with Gasteiger partial charge in [-0.15, -0.1) is 0 Å². The minimum Gasteiger partial charge on any atom is -0.444 e. The number of hydrogen-bond donors (Lipinski definition) is 0. The molecular formula is C20H28BrClN2O2. The Kier molecular flexibility index (Phi) is 6.07. The van der Waals surface area contributed by atoms with Crippen LogP contribution in [0.15, 0.2) is 16.6 Å². The van der Waals surface area contributed by atoms with Crippen molar-refractivity contribution in [3.63, 3.8) is 0 Å². The number of hydrogen-bond acceptors (Lipinski definition) is 3. The smallest absolute Gasteiger partial charge is 0.410 e. The van der Waals surface area contributed by atoms with Crippen LogP contribution in [-0.2, 0) is 11.2 Å². The predicted octanol–water partition coefficient (Wildman–Crippen LogP) is 5.64. The average molecular weight is 444 g/mol. The van der Waals surface area contributed by atoms with Gasteiger partial charge in [0.05, 0.1) is 5.69 Å². The summed E-state index contributed by atoms with van der Waals surface area (Å²) in [5.41, 5.74) is 2.17. The first kappa shape index (κ1) is 19.8. The maximum Gasteiger partial charge on any atom is 0.410 e. The molecule has 0 aliphatic carbocycles.